The highest BCUT2D eigenvalue weighted by molar-refractivity contribution is 7.89. The molecule has 0 aromatic heterocycles. The number of piperidine rings is 1. The molecule has 2 aromatic rings. The van der Waals surface area contributed by atoms with Gasteiger partial charge in [0.1, 0.15) is 0 Å². The molecule has 2 aromatic carbocycles. The summed E-state index contributed by atoms with van der Waals surface area (Å²) in [6.07, 6.45) is 2.54. The molecule has 6 nitrogen and oxygen atoms in total. The maximum absolute atomic E-state index is 13.5. The summed E-state index contributed by atoms with van der Waals surface area (Å²) in [5, 5.41) is 0. The maximum Gasteiger partial charge on any atom is 0.243 e. The van der Waals surface area contributed by atoms with E-state index < -0.39 is 20.0 Å². The molecule has 1 aliphatic heterocycles. The molecule has 1 saturated heterocycles. The van der Waals surface area contributed by atoms with E-state index in [1.165, 1.54) is 32.9 Å². The van der Waals surface area contributed by atoms with Gasteiger partial charge in [-0.15, -0.1) is 0 Å². The minimum absolute atomic E-state index is 0.107. The molecule has 8 heteroatoms. The first-order valence-corrected chi connectivity index (χ1v) is 14.1. The first-order chi connectivity index (χ1) is 15.1. The number of nitrogens with zero attached hydrogens (tertiary/aromatic N) is 2. The quantitative estimate of drug-likeness (QED) is 0.563. The topological polar surface area (TPSA) is 74.8 Å². The Bertz CT molecular complexity index is 1110. The third-order valence-corrected chi connectivity index (χ3v) is 10.1. The monoisotopic (exact) mass is 478 g/mol. The van der Waals surface area contributed by atoms with Crippen LogP contribution in [0.3, 0.4) is 0 Å². The van der Waals surface area contributed by atoms with Gasteiger partial charge in [0.2, 0.25) is 20.0 Å². The summed E-state index contributed by atoms with van der Waals surface area (Å²) in [7, 11) is -7.42. The lowest BCUT2D eigenvalue weighted by Gasteiger charge is -2.30. The van der Waals surface area contributed by atoms with Gasteiger partial charge in [-0.25, -0.2) is 16.8 Å². The average Bonchev–Trinajstić information content (AvgIpc) is 2.78. The van der Waals surface area contributed by atoms with Crippen LogP contribution in [0.25, 0.3) is 0 Å². The molecule has 0 amide bonds. The number of benzene rings is 2. The van der Waals surface area contributed by atoms with Crippen LogP contribution in [0, 0.1) is 12.8 Å². The van der Waals surface area contributed by atoms with Crippen molar-refractivity contribution in [3.63, 3.8) is 0 Å². The van der Waals surface area contributed by atoms with E-state index in [2.05, 4.69) is 6.92 Å². The SMILES string of the molecule is CC[C@H](C)N(Cc1ccc(C)cc1)S(=O)(=O)c1ccc(S(=O)(=O)N2CCC[C@@H](C)C2)cc1. The van der Waals surface area contributed by atoms with E-state index in [1.54, 1.807) is 0 Å². The van der Waals surface area contributed by atoms with Crippen LogP contribution in [0.4, 0.5) is 0 Å². The fourth-order valence-electron chi connectivity index (χ4n) is 3.99. The zero-order valence-corrected chi connectivity index (χ0v) is 21.0. The third kappa shape index (κ3) is 5.42. The Morgan fingerprint density at radius 2 is 1.59 bits per heavy atom. The van der Waals surface area contributed by atoms with Gasteiger partial charge < -0.3 is 0 Å². The lowest BCUT2D eigenvalue weighted by molar-refractivity contribution is 0.281. The number of rotatable bonds is 8. The van der Waals surface area contributed by atoms with E-state index in [0.29, 0.717) is 25.4 Å². The molecule has 176 valence electrons. The molecule has 0 N–H and O–H groups in total. The Morgan fingerprint density at radius 3 is 2.16 bits per heavy atom. The molecule has 0 saturated carbocycles. The molecule has 3 rings (SSSR count). The molecular formula is C24H34N2O4S2. The summed E-state index contributed by atoms with van der Waals surface area (Å²) >= 11 is 0. The maximum atomic E-state index is 13.5. The van der Waals surface area contributed by atoms with E-state index in [1.807, 2.05) is 45.0 Å². The van der Waals surface area contributed by atoms with Gasteiger partial charge in [0.05, 0.1) is 9.79 Å². The Morgan fingerprint density at radius 1 is 1.00 bits per heavy atom. The van der Waals surface area contributed by atoms with Gasteiger partial charge in [0.25, 0.3) is 0 Å². The molecule has 0 spiro atoms. The van der Waals surface area contributed by atoms with Crippen LogP contribution in [-0.4, -0.2) is 44.6 Å². The van der Waals surface area contributed by atoms with Crippen LogP contribution in [0.1, 0.15) is 51.2 Å². The smallest absolute Gasteiger partial charge is 0.207 e. The van der Waals surface area contributed by atoms with E-state index >= 15 is 0 Å². The van der Waals surface area contributed by atoms with E-state index in [-0.39, 0.29) is 22.4 Å². The minimum Gasteiger partial charge on any atom is -0.207 e. The zero-order valence-electron chi connectivity index (χ0n) is 19.4. The fraction of sp³-hybridized carbons (Fsp3) is 0.500. The molecule has 1 heterocycles. The second-order valence-electron chi connectivity index (χ2n) is 8.87. The molecule has 1 fully saturated rings. The van der Waals surface area contributed by atoms with Crippen molar-refractivity contribution in [1.82, 2.24) is 8.61 Å². The molecule has 1 aliphatic rings. The Hall–Kier alpha value is -1.74. The second kappa shape index (κ2) is 10.0. The number of aryl methyl sites for hydroxylation is 1. The van der Waals surface area contributed by atoms with Crippen molar-refractivity contribution in [2.45, 2.75) is 69.3 Å². The Kier molecular flexibility index (Phi) is 7.81. The molecule has 2 atom stereocenters. The molecule has 0 radical (unpaired) electrons. The minimum atomic E-state index is -3.79. The van der Waals surface area contributed by atoms with Gasteiger partial charge in [0, 0.05) is 25.7 Å². The molecule has 0 bridgehead atoms. The van der Waals surface area contributed by atoms with E-state index in [0.717, 1.165) is 24.0 Å². The first-order valence-electron chi connectivity index (χ1n) is 11.2. The average molecular weight is 479 g/mol. The summed E-state index contributed by atoms with van der Waals surface area (Å²) in [4.78, 5) is 0.245. The number of hydrogen-bond acceptors (Lipinski definition) is 4. The lowest BCUT2D eigenvalue weighted by atomic mass is 10.0. The van der Waals surface area contributed by atoms with Crippen molar-refractivity contribution in [1.29, 1.82) is 0 Å². The van der Waals surface area contributed by atoms with Crippen molar-refractivity contribution in [3.8, 4) is 0 Å². The van der Waals surface area contributed by atoms with Gasteiger partial charge >= 0.3 is 0 Å². The van der Waals surface area contributed by atoms with Gasteiger partial charge in [-0.3, -0.25) is 0 Å². The van der Waals surface area contributed by atoms with Crippen LogP contribution in [0.15, 0.2) is 58.3 Å². The summed E-state index contributed by atoms with van der Waals surface area (Å²) in [6, 6.07) is 13.3. The van der Waals surface area contributed by atoms with Crippen molar-refractivity contribution >= 4 is 20.0 Å². The van der Waals surface area contributed by atoms with Crippen LogP contribution in [-0.2, 0) is 26.6 Å². The Labute approximate surface area is 193 Å². The summed E-state index contributed by atoms with van der Waals surface area (Å²) in [5.41, 5.74) is 2.03. The number of sulfonamides is 2. The van der Waals surface area contributed by atoms with Crippen LogP contribution in [0.5, 0.6) is 0 Å². The van der Waals surface area contributed by atoms with E-state index in [9.17, 15) is 16.8 Å². The van der Waals surface area contributed by atoms with Crippen molar-refractivity contribution in [2.75, 3.05) is 13.1 Å². The highest BCUT2D eigenvalue weighted by Gasteiger charge is 2.31. The molecular weight excluding hydrogens is 444 g/mol. The van der Waals surface area contributed by atoms with E-state index in [4.69, 9.17) is 0 Å². The van der Waals surface area contributed by atoms with Gasteiger partial charge in [-0.05, 0) is 68.9 Å². The van der Waals surface area contributed by atoms with Crippen molar-refractivity contribution in [3.05, 3.63) is 59.7 Å². The van der Waals surface area contributed by atoms with Gasteiger partial charge in [0.15, 0.2) is 0 Å². The molecule has 0 unspecified atom stereocenters. The van der Waals surface area contributed by atoms with Gasteiger partial charge in [-0.2, -0.15) is 8.61 Å². The third-order valence-electron chi connectivity index (χ3n) is 6.23. The van der Waals surface area contributed by atoms with Crippen molar-refractivity contribution < 1.29 is 16.8 Å². The summed E-state index contributed by atoms with van der Waals surface area (Å²) in [5.74, 6) is 0.323. The second-order valence-corrected chi connectivity index (χ2v) is 12.7. The molecule has 32 heavy (non-hydrogen) atoms. The highest BCUT2D eigenvalue weighted by Crippen LogP contribution is 2.27. The predicted octanol–water partition coefficient (Wildman–Crippen LogP) is 4.41. The summed E-state index contributed by atoms with van der Waals surface area (Å²) in [6.45, 7) is 9.16. The fourth-order valence-corrected chi connectivity index (χ4v) is 7.28. The molecule has 0 aliphatic carbocycles. The van der Waals surface area contributed by atoms with Crippen LogP contribution in [0.2, 0.25) is 0 Å². The van der Waals surface area contributed by atoms with Gasteiger partial charge in [-0.1, -0.05) is 43.7 Å². The Balaban J connectivity index is 1.88. The standard InChI is InChI=1S/C24H34N2O4S2/c1-5-21(4)26(18-22-10-8-19(2)9-11-22)32(29,30)24-14-12-23(13-15-24)31(27,28)25-16-6-7-20(3)17-25/h8-15,20-21H,5-7,16-18H2,1-4H3/t20-,21+/m1/s1. The number of hydrogen-bond donors (Lipinski definition) is 0. The largest absolute Gasteiger partial charge is 0.243 e. The zero-order chi connectivity index (χ0) is 23.5. The van der Waals surface area contributed by atoms with Crippen LogP contribution >= 0.6 is 0 Å². The normalized spacial score (nSPS) is 19.2. The van der Waals surface area contributed by atoms with Crippen molar-refractivity contribution in [2.24, 2.45) is 5.92 Å². The highest BCUT2D eigenvalue weighted by atomic mass is 32.2. The first kappa shape index (κ1) is 24.9. The lowest BCUT2D eigenvalue weighted by Crippen LogP contribution is -2.39. The van der Waals surface area contributed by atoms with Crippen LogP contribution < -0.4 is 0 Å². The summed E-state index contributed by atoms with van der Waals surface area (Å²) < 4.78 is 56.0. The predicted molar refractivity (Wildman–Crippen MR) is 127 cm³/mol.